The maximum absolute atomic E-state index is 12.8. The van der Waals surface area contributed by atoms with Crippen molar-refractivity contribution in [3.63, 3.8) is 0 Å². The first-order chi connectivity index (χ1) is 14.7. The summed E-state index contributed by atoms with van der Waals surface area (Å²) in [4.78, 5) is 21.6. The minimum atomic E-state index is -0.0738. The first-order valence-corrected chi connectivity index (χ1v) is 11.0. The fraction of sp³-hybridized carbons (Fsp3) is 0.304. The van der Waals surface area contributed by atoms with Crippen LogP contribution in [0.5, 0.6) is 5.75 Å². The first kappa shape index (κ1) is 20.4. The Labute approximate surface area is 181 Å². The highest BCUT2D eigenvalue weighted by Crippen LogP contribution is 2.25. The van der Waals surface area contributed by atoms with Crippen LogP contribution >= 0.6 is 11.3 Å². The van der Waals surface area contributed by atoms with Crippen LogP contribution in [0.3, 0.4) is 0 Å². The standard InChI is InChI=1S/C23H26N4O2S/c1-29-20-10-8-18(9-11-20)16-26-12-5-13-27(15-14-26)23(28)25-22-24-21(17-30-22)19-6-3-2-4-7-19/h2-4,6-11,17H,5,12-16H2,1H3,(H,24,25,28). The van der Waals surface area contributed by atoms with Gasteiger partial charge in [0.1, 0.15) is 5.75 Å². The molecule has 7 heteroatoms. The molecule has 0 unspecified atom stereocenters. The van der Waals surface area contributed by atoms with Gasteiger partial charge in [0, 0.05) is 43.7 Å². The molecular formula is C23H26N4O2S. The number of carbonyl (C=O) groups is 1. The highest BCUT2D eigenvalue weighted by Gasteiger charge is 2.20. The number of ether oxygens (including phenoxy) is 1. The van der Waals surface area contributed by atoms with Crippen molar-refractivity contribution in [2.45, 2.75) is 13.0 Å². The third-order valence-electron chi connectivity index (χ3n) is 5.23. The van der Waals surface area contributed by atoms with E-state index in [1.54, 1.807) is 7.11 Å². The largest absolute Gasteiger partial charge is 0.497 e. The number of hydrogen-bond acceptors (Lipinski definition) is 5. The second kappa shape index (κ2) is 9.73. The van der Waals surface area contributed by atoms with Gasteiger partial charge in [-0.1, -0.05) is 42.5 Å². The number of urea groups is 1. The van der Waals surface area contributed by atoms with E-state index in [2.05, 4.69) is 27.3 Å². The van der Waals surface area contributed by atoms with Crippen LogP contribution in [0.4, 0.5) is 9.93 Å². The number of aromatic nitrogens is 1. The fourth-order valence-corrected chi connectivity index (χ4v) is 4.27. The average molecular weight is 423 g/mol. The van der Waals surface area contributed by atoms with Crippen molar-refractivity contribution in [2.24, 2.45) is 0 Å². The lowest BCUT2D eigenvalue weighted by atomic mass is 10.2. The smallest absolute Gasteiger partial charge is 0.323 e. The van der Waals surface area contributed by atoms with E-state index in [1.807, 2.05) is 52.7 Å². The van der Waals surface area contributed by atoms with Crippen LogP contribution in [0.1, 0.15) is 12.0 Å². The van der Waals surface area contributed by atoms with Gasteiger partial charge in [-0.25, -0.2) is 9.78 Å². The minimum Gasteiger partial charge on any atom is -0.497 e. The van der Waals surface area contributed by atoms with E-state index < -0.39 is 0 Å². The molecule has 2 amide bonds. The van der Waals surface area contributed by atoms with E-state index in [9.17, 15) is 4.79 Å². The zero-order chi connectivity index (χ0) is 20.8. The number of thiazole rings is 1. The second-order valence-corrected chi connectivity index (χ2v) is 8.16. The summed E-state index contributed by atoms with van der Waals surface area (Å²) in [5, 5.41) is 5.58. The number of hydrogen-bond donors (Lipinski definition) is 1. The average Bonchev–Trinajstić information content (AvgIpc) is 3.12. The molecule has 1 aromatic heterocycles. The zero-order valence-corrected chi connectivity index (χ0v) is 17.9. The fourth-order valence-electron chi connectivity index (χ4n) is 3.56. The van der Waals surface area contributed by atoms with Gasteiger partial charge in [0.05, 0.1) is 12.8 Å². The molecule has 30 heavy (non-hydrogen) atoms. The molecule has 1 aliphatic heterocycles. The maximum atomic E-state index is 12.8. The van der Waals surface area contributed by atoms with E-state index >= 15 is 0 Å². The quantitative estimate of drug-likeness (QED) is 0.655. The molecule has 0 aliphatic carbocycles. The monoisotopic (exact) mass is 422 g/mol. The van der Waals surface area contributed by atoms with E-state index in [0.717, 1.165) is 49.6 Å². The van der Waals surface area contributed by atoms with Crippen molar-refractivity contribution in [2.75, 3.05) is 38.6 Å². The van der Waals surface area contributed by atoms with Gasteiger partial charge in [-0.3, -0.25) is 10.2 Å². The van der Waals surface area contributed by atoms with Gasteiger partial charge < -0.3 is 9.64 Å². The number of nitrogens with zero attached hydrogens (tertiary/aromatic N) is 3. The Kier molecular flexibility index (Phi) is 6.61. The Bertz CT molecular complexity index is 959. The van der Waals surface area contributed by atoms with Crippen LogP contribution in [0.25, 0.3) is 11.3 Å². The summed E-state index contributed by atoms with van der Waals surface area (Å²) in [5.41, 5.74) is 3.19. The van der Waals surface area contributed by atoms with Crippen molar-refractivity contribution < 1.29 is 9.53 Å². The summed E-state index contributed by atoms with van der Waals surface area (Å²) in [5.74, 6) is 0.870. The van der Waals surface area contributed by atoms with Crippen LogP contribution in [0.15, 0.2) is 60.0 Å². The normalized spacial score (nSPS) is 14.9. The van der Waals surface area contributed by atoms with Gasteiger partial charge >= 0.3 is 6.03 Å². The Morgan fingerprint density at radius 1 is 1.07 bits per heavy atom. The van der Waals surface area contributed by atoms with Crippen LogP contribution in [-0.2, 0) is 6.54 Å². The SMILES string of the molecule is COc1ccc(CN2CCCN(C(=O)Nc3nc(-c4ccccc4)cs3)CC2)cc1. The summed E-state index contributed by atoms with van der Waals surface area (Å²) in [6.45, 7) is 4.17. The van der Waals surface area contributed by atoms with Crippen LogP contribution < -0.4 is 10.1 Å². The molecule has 0 bridgehead atoms. The molecule has 1 saturated heterocycles. The summed E-state index contributed by atoms with van der Waals surface area (Å²) < 4.78 is 5.23. The van der Waals surface area contributed by atoms with Gasteiger partial charge in [0.2, 0.25) is 0 Å². The first-order valence-electron chi connectivity index (χ1n) is 10.1. The lowest BCUT2D eigenvalue weighted by Crippen LogP contribution is -2.38. The molecule has 1 N–H and O–H groups in total. The molecule has 1 aliphatic rings. The molecular weight excluding hydrogens is 396 g/mol. The van der Waals surface area contributed by atoms with Crippen molar-refractivity contribution in [1.82, 2.24) is 14.8 Å². The molecule has 2 aromatic carbocycles. The van der Waals surface area contributed by atoms with E-state index in [0.29, 0.717) is 11.7 Å². The highest BCUT2D eigenvalue weighted by molar-refractivity contribution is 7.14. The van der Waals surface area contributed by atoms with Gasteiger partial charge in [0.25, 0.3) is 0 Å². The Morgan fingerprint density at radius 3 is 2.63 bits per heavy atom. The molecule has 1 fully saturated rings. The number of rotatable bonds is 5. The zero-order valence-electron chi connectivity index (χ0n) is 17.1. The number of anilines is 1. The predicted molar refractivity (Wildman–Crippen MR) is 121 cm³/mol. The molecule has 0 saturated carbocycles. The summed E-state index contributed by atoms with van der Waals surface area (Å²) >= 11 is 1.46. The molecule has 0 spiro atoms. The molecule has 0 radical (unpaired) electrons. The van der Waals surface area contributed by atoms with Gasteiger partial charge in [0.15, 0.2) is 5.13 Å². The third kappa shape index (κ3) is 5.17. The number of amides is 2. The molecule has 3 aromatic rings. The Morgan fingerprint density at radius 2 is 1.87 bits per heavy atom. The Balaban J connectivity index is 1.30. The lowest BCUT2D eigenvalue weighted by molar-refractivity contribution is 0.211. The van der Waals surface area contributed by atoms with Gasteiger partial charge in [-0.2, -0.15) is 0 Å². The number of benzene rings is 2. The van der Waals surface area contributed by atoms with Crippen molar-refractivity contribution in [3.8, 4) is 17.0 Å². The predicted octanol–water partition coefficient (Wildman–Crippen LogP) is 4.56. The minimum absolute atomic E-state index is 0.0738. The van der Waals surface area contributed by atoms with E-state index in [-0.39, 0.29) is 6.03 Å². The maximum Gasteiger partial charge on any atom is 0.323 e. The van der Waals surface area contributed by atoms with Crippen molar-refractivity contribution in [3.05, 3.63) is 65.5 Å². The van der Waals surface area contributed by atoms with Gasteiger partial charge in [-0.05, 0) is 24.1 Å². The summed E-state index contributed by atoms with van der Waals surface area (Å²) in [6.07, 6.45) is 0.955. The molecule has 156 valence electrons. The van der Waals surface area contributed by atoms with Crippen LogP contribution in [-0.4, -0.2) is 54.1 Å². The number of carbonyl (C=O) groups excluding carboxylic acids is 1. The third-order valence-corrected chi connectivity index (χ3v) is 5.99. The summed E-state index contributed by atoms with van der Waals surface area (Å²) in [6, 6.07) is 18.1. The Hall–Kier alpha value is -2.90. The lowest BCUT2D eigenvalue weighted by Gasteiger charge is -2.22. The highest BCUT2D eigenvalue weighted by atomic mass is 32.1. The van der Waals surface area contributed by atoms with Crippen molar-refractivity contribution >= 4 is 22.5 Å². The topological polar surface area (TPSA) is 57.7 Å². The molecule has 2 heterocycles. The molecule has 4 rings (SSSR count). The number of nitrogens with one attached hydrogen (secondary N) is 1. The van der Waals surface area contributed by atoms with E-state index in [1.165, 1.54) is 16.9 Å². The van der Waals surface area contributed by atoms with Gasteiger partial charge in [-0.15, -0.1) is 11.3 Å². The van der Waals surface area contributed by atoms with Crippen LogP contribution in [0, 0.1) is 0 Å². The molecule has 6 nitrogen and oxygen atoms in total. The van der Waals surface area contributed by atoms with E-state index in [4.69, 9.17) is 4.74 Å². The molecule has 0 atom stereocenters. The second-order valence-electron chi connectivity index (χ2n) is 7.30. The van der Waals surface area contributed by atoms with Crippen LogP contribution in [0.2, 0.25) is 0 Å². The van der Waals surface area contributed by atoms with Crippen molar-refractivity contribution in [1.29, 1.82) is 0 Å². The number of methoxy groups -OCH3 is 1. The summed E-state index contributed by atoms with van der Waals surface area (Å²) in [7, 11) is 1.68.